The lowest BCUT2D eigenvalue weighted by atomic mass is 10.0. The van der Waals surface area contributed by atoms with Gasteiger partial charge in [0.25, 0.3) is 0 Å². The molecule has 0 amide bonds. The van der Waals surface area contributed by atoms with Crippen molar-refractivity contribution in [1.29, 1.82) is 0 Å². The molecule has 1 aromatic rings. The standard InChI is InChI=1S/C12H10F6O/c1-3-19-7(2)8-4-9(11(13,14)15)6-10(5-8)12(16,17)18/h3-7H,1H2,2H3/t7-/m1/s1. The molecule has 0 heterocycles. The van der Waals surface area contributed by atoms with Crippen LogP contribution in [0.25, 0.3) is 0 Å². The van der Waals surface area contributed by atoms with Crippen LogP contribution >= 0.6 is 0 Å². The van der Waals surface area contributed by atoms with Crippen LogP contribution < -0.4 is 0 Å². The van der Waals surface area contributed by atoms with Gasteiger partial charge in [0, 0.05) is 0 Å². The fraction of sp³-hybridized carbons (Fsp3) is 0.333. The van der Waals surface area contributed by atoms with Crippen molar-refractivity contribution in [3.05, 3.63) is 47.7 Å². The van der Waals surface area contributed by atoms with Gasteiger partial charge in [-0.05, 0) is 30.7 Å². The maximum absolute atomic E-state index is 12.6. The van der Waals surface area contributed by atoms with Gasteiger partial charge in [0.2, 0.25) is 0 Å². The molecule has 0 aliphatic heterocycles. The van der Waals surface area contributed by atoms with Crippen LogP contribution in [0.15, 0.2) is 31.0 Å². The zero-order chi connectivity index (χ0) is 14.8. The Kier molecular flexibility index (Phi) is 4.17. The van der Waals surface area contributed by atoms with Gasteiger partial charge in [-0.25, -0.2) is 0 Å². The Hall–Kier alpha value is -1.66. The summed E-state index contributed by atoms with van der Waals surface area (Å²) in [4.78, 5) is 0. The molecule has 0 saturated carbocycles. The van der Waals surface area contributed by atoms with Crippen molar-refractivity contribution in [3.8, 4) is 0 Å². The second-order valence-corrected chi connectivity index (χ2v) is 3.78. The van der Waals surface area contributed by atoms with E-state index in [2.05, 4.69) is 6.58 Å². The summed E-state index contributed by atoms with van der Waals surface area (Å²) in [5.74, 6) is 0. The molecule has 1 rings (SSSR count). The summed E-state index contributed by atoms with van der Waals surface area (Å²) in [5, 5.41) is 0. The minimum atomic E-state index is -4.86. The monoisotopic (exact) mass is 284 g/mol. The molecule has 0 aliphatic rings. The number of alkyl halides is 6. The normalized spacial score (nSPS) is 14.1. The Morgan fingerprint density at radius 2 is 1.42 bits per heavy atom. The quantitative estimate of drug-likeness (QED) is 0.564. The van der Waals surface area contributed by atoms with Gasteiger partial charge in [-0.15, -0.1) is 0 Å². The molecule has 1 nitrogen and oxygen atoms in total. The molecule has 1 aromatic carbocycles. The summed E-state index contributed by atoms with van der Waals surface area (Å²) in [7, 11) is 0. The first kappa shape index (κ1) is 15.4. The number of hydrogen-bond acceptors (Lipinski definition) is 1. The van der Waals surface area contributed by atoms with E-state index in [4.69, 9.17) is 4.74 Å². The predicted octanol–water partition coefficient (Wildman–Crippen LogP) is 4.95. The fourth-order valence-electron chi connectivity index (χ4n) is 1.44. The van der Waals surface area contributed by atoms with Crippen molar-refractivity contribution in [2.75, 3.05) is 0 Å². The Morgan fingerprint density at radius 3 is 1.74 bits per heavy atom. The van der Waals surface area contributed by atoms with E-state index < -0.39 is 29.6 Å². The molecule has 0 spiro atoms. The molecule has 0 radical (unpaired) electrons. The van der Waals surface area contributed by atoms with Crippen LogP contribution in [0.1, 0.15) is 29.7 Å². The molecule has 1 atom stereocenters. The van der Waals surface area contributed by atoms with E-state index >= 15 is 0 Å². The largest absolute Gasteiger partial charge is 0.494 e. The van der Waals surface area contributed by atoms with Gasteiger partial charge in [-0.3, -0.25) is 0 Å². The third-order valence-corrected chi connectivity index (χ3v) is 2.38. The van der Waals surface area contributed by atoms with E-state index in [1.165, 1.54) is 6.92 Å². The lowest BCUT2D eigenvalue weighted by Gasteiger charge is -2.17. The molecular weight excluding hydrogens is 274 g/mol. The molecule has 0 unspecified atom stereocenters. The third kappa shape index (κ3) is 3.90. The minimum absolute atomic E-state index is 0.0735. The first-order valence-electron chi connectivity index (χ1n) is 5.11. The summed E-state index contributed by atoms with van der Waals surface area (Å²) in [6, 6.07) is 1.33. The van der Waals surface area contributed by atoms with Crippen molar-refractivity contribution in [1.82, 2.24) is 0 Å². The summed E-state index contributed by atoms with van der Waals surface area (Å²) in [5.41, 5.74) is -2.95. The number of halogens is 6. The lowest BCUT2D eigenvalue weighted by molar-refractivity contribution is -0.143. The van der Waals surface area contributed by atoms with E-state index in [-0.39, 0.29) is 11.6 Å². The smallest absolute Gasteiger partial charge is 0.416 e. The molecule has 0 fully saturated rings. The first-order chi connectivity index (χ1) is 8.55. The maximum Gasteiger partial charge on any atom is 0.416 e. The van der Waals surface area contributed by atoms with E-state index in [0.29, 0.717) is 12.1 Å². The molecular formula is C12H10F6O. The van der Waals surface area contributed by atoms with Crippen LogP contribution in [0.2, 0.25) is 0 Å². The number of rotatable bonds is 3. The fourth-order valence-corrected chi connectivity index (χ4v) is 1.44. The van der Waals surface area contributed by atoms with Crippen LogP contribution in [0.3, 0.4) is 0 Å². The highest BCUT2D eigenvalue weighted by molar-refractivity contribution is 5.34. The van der Waals surface area contributed by atoms with Crippen LogP contribution in [-0.2, 0) is 17.1 Å². The number of ether oxygens (including phenoxy) is 1. The van der Waals surface area contributed by atoms with E-state index in [9.17, 15) is 26.3 Å². The van der Waals surface area contributed by atoms with Gasteiger partial charge in [0.05, 0.1) is 17.4 Å². The second kappa shape index (κ2) is 5.14. The van der Waals surface area contributed by atoms with E-state index in [1.807, 2.05) is 0 Å². The van der Waals surface area contributed by atoms with Gasteiger partial charge < -0.3 is 4.74 Å². The summed E-state index contributed by atoms with van der Waals surface area (Å²) < 4.78 is 80.1. The molecule has 0 aliphatic carbocycles. The first-order valence-corrected chi connectivity index (χ1v) is 5.11. The predicted molar refractivity (Wildman–Crippen MR) is 56.1 cm³/mol. The van der Waals surface area contributed by atoms with Crippen LogP contribution in [0.4, 0.5) is 26.3 Å². The average molecular weight is 284 g/mol. The van der Waals surface area contributed by atoms with Gasteiger partial charge >= 0.3 is 12.4 Å². The van der Waals surface area contributed by atoms with E-state index in [0.717, 1.165) is 6.26 Å². The van der Waals surface area contributed by atoms with Gasteiger partial charge in [0.1, 0.15) is 6.10 Å². The molecule has 7 heteroatoms. The summed E-state index contributed by atoms with van der Waals surface area (Å²) in [6.45, 7) is 4.53. The minimum Gasteiger partial charge on any atom is -0.494 e. The van der Waals surface area contributed by atoms with Gasteiger partial charge in [-0.1, -0.05) is 6.58 Å². The zero-order valence-corrected chi connectivity index (χ0v) is 9.77. The van der Waals surface area contributed by atoms with Crippen molar-refractivity contribution >= 4 is 0 Å². The van der Waals surface area contributed by atoms with Crippen molar-refractivity contribution < 1.29 is 31.1 Å². The van der Waals surface area contributed by atoms with Crippen molar-refractivity contribution in [2.45, 2.75) is 25.4 Å². The van der Waals surface area contributed by atoms with Gasteiger partial charge in [0.15, 0.2) is 0 Å². The van der Waals surface area contributed by atoms with Crippen LogP contribution in [-0.4, -0.2) is 0 Å². The van der Waals surface area contributed by atoms with Crippen molar-refractivity contribution in [3.63, 3.8) is 0 Å². The zero-order valence-electron chi connectivity index (χ0n) is 9.77. The molecule has 0 saturated heterocycles. The lowest BCUT2D eigenvalue weighted by Crippen LogP contribution is -2.12. The average Bonchev–Trinajstić information content (AvgIpc) is 2.26. The van der Waals surface area contributed by atoms with Crippen LogP contribution in [0, 0.1) is 0 Å². The molecule has 0 aromatic heterocycles. The SMILES string of the molecule is C=CO[C@H](C)c1cc(C(F)(F)F)cc(C(F)(F)F)c1. The Morgan fingerprint density at radius 1 is 1.00 bits per heavy atom. The molecule has 106 valence electrons. The molecule has 0 N–H and O–H groups in total. The third-order valence-electron chi connectivity index (χ3n) is 2.38. The van der Waals surface area contributed by atoms with E-state index in [1.54, 1.807) is 0 Å². The maximum atomic E-state index is 12.6. The molecule has 0 bridgehead atoms. The van der Waals surface area contributed by atoms with Crippen LogP contribution in [0.5, 0.6) is 0 Å². The second-order valence-electron chi connectivity index (χ2n) is 3.78. The number of benzene rings is 1. The highest BCUT2D eigenvalue weighted by atomic mass is 19.4. The Labute approximate surface area is 105 Å². The number of hydrogen-bond donors (Lipinski definition) is 0. The summed E-state index contributed by atoms with van der Waals surface area (Å²) in [6.07, 6.45) is -9.72. The van der Waals surface area contributed by atoms with Crippen molar-refractivity contribution in [2.24, 2.45) is 0 Å². The van der Waals surface area contributed by atoms with Gasteiger partial charge in [-0.2, -0.15) is 26.3 Å². The highest BCUT2D eigenvalue weighted by Crippen LogP contribution is 2.37. The molecule has 19 heavy (non-hydrogen) atoms. The Balaban J connectivity index is 3.36. The topological polar surface area (TPSA) is 9.23 Å². The summed E-state index contributed by atoms with van der Waals surface area (Å²) >= 11 is 0. The highest BCUT2D eigenvalue weighted by Gasteiger charge is 2.37. The Bertz CT molecular complexity index is 428.